The van der Waals surface area contributed by atoms with Gasteiger partial charge in [-0.05, 0) is 44.6 Å². The third-order valence-electron chi connectivity index (χ3n) is 3.79. The fourth-order valence-corrected chi connectivity index (χ4v) is 2.73. The van der Waals surface area contributed by atoms with Gasteiger partial charge in [0.05, 0.1) is 0 Å². The molecule has 0 radical (unpaired) electrons. The summed E-state index contributed by atoms with van der Waals surface area (Å²) in [7, 11) is 0. The van der Waals surface area contributed by atoms with Crippen LogP contribution >= 0.6 is 0 Å². The highest BCUT2D eigenvalue weighted by molar-refractivity contribution is 4.95. The van der Waals surface area contributed by atoms with E-state index in [2.05, 4.69) is 25.7 Å². The van der Waals surface area contributed by atoms with Crippen molar-refractivity contribution in [2.45, 2.75) is 71.3 Å². The lowest BCUT2D eigenvalue weighted by Gasteiger charge is -2.21. The van der Waals surface area contributed by atoms with E-state index in [0.717, 1.165) is 18.4 Å². The molecule has 1 heteroatoms. The monoisotopic (exact) mass is 223 g/mol. The maximum atomic E-state index is 4.16. The third-order valence-corrected chi connectivity index (χ3v) is 3.79. The van der Waals surface area contributed by atoms with Crippen molar-refractivity contribution >= 4 is 0 Å². The lowest BCUT2D eigenvalue weighted by Crippen LogP contribution is -2.30. The smallest absolute Gasteiger partial charge is 0.00698 e. The van der Waals surface area contributed by atoms with Gasteiger partial charge >= 0.3 is 0 Å². The molecule has 0 bridgehead atoms. The van der Waals surface area contributed by atoms with Crippen molar-refractivity contribution in [1.29, 1.82) is 0 Å². The number of rotatable bonds is 6. The van der Waals surface area contributed by atoms with Crippen LogP contribution in [0.25, 0.3) is 0 Å². The average molecular weight is 223 g/mol. The molecule has 16 heavy (non-hydrogen) atoms. The van der Waals surface area contributed by atoms with Crippen molar-refractivity contribution in [3.05, 3.63) is 12.2 Å². The van der Waals surface area contributed by atoms with Gasteiger partial charge in [-0.25, -0.2) is 0 Å². The summed E-state index contributed by atoms with van der Waals surface area (Å²) in [5.41, 5.74) is 1.45. The maximum absolute atomic E-state index is 4.16. The van der Waals surface area contributed by atoms with E-state index in [1.165, 1.54) is 57.1 Å². The van der Waals surface area contributed by atoms with Crippen molar-refractivity contribution in [2.24, 2.45) is 5.92 Å². The number of allylic oxidation sites excluding steroid dienone is 1. The molecule has 94 valence electrons. The van der Waals surface area contributed by atoms with Gasteiger partial charge in [-0.3, -0.25) is 0 Å². The second-order valence-corrected chi connectivity index (χ2v) is 5.34. The summed E-state index contributed by atoms with van der Waals surface area (Å²) in [6.45, 7) is 9.83. The molecule has 2 unspecified atom stereocenters. The summed E-state index contributed by atoms with van der Waals surface area (Å²) in [4.78, 5) is 0. The largest absolute Gasteiger partial charge is 0.314 e. The molecule has 1 nitrogen and oxygen atoms in total. The molecule has 1 aliphatic rings. The minimum absolute atomic E-state index is 0.775. The summed E-state index contributed by atoms with van der Waals surface area (Å²) >= 11 is 0. The van der Waals surface area contributed by atoms with Crippen LogP contribution in [-0.2, 0) is 0 Å². The lowest BCUT2D eigenvalue weighted by atomic mass is 9.90. The Hall–Kier alpha value is -0.300. The van der Waals surface area contributed by atoms with Crippen LogP contribution in [0.15, 0.2) is 12.2 Å². The molecular formula is C15H29N. The van der Waals surface area contributed by atoms with Gasteiger partial charge < -0.3 is 5.32 Å². The van der Waals surface area contributed by atoms with E-state index in [0.29, 0.717) is 0 Å². The number of hydrogen-bond donors (Lipinski definition) is 1. The lowest BCUT2D eigenvalue weighted by molar-refractivity contribution is 0.382. The van der Waals surface area contributed by atoms with Crippen molar-refractivity contribution in [3.63, 3.8) is 0 Å². The second kappa shape index (κ2) is 7.89. The first kappa shape index (κ1) is 13.8. The standard InChI is InChI=1S/C15H29N/c1-4-10-16-15-9-7-6-8-14(12-15)11-13(3)5-2/h14-16H,3-12H2,1-2H3. The summed E-state index contributed by atoms with van der Waals surface area (Å²) in [5.74, 6) is 0.893. The molecule has 0 aromatic heterocycles. The van der Waals surface area contributed by atoms with Gasteiger partial charge in [-0.2, -0.15) is 0 Å². The molecule has 1 rings (SSSR count). The van der Waals surface area contributed by atoms with E-state index in [9.17, 15) is 0 Å². The molecule has 1 N–H and O–H groups in total. The predicted octanol–water partition coefficient (Wildman–Crippen LogP) is 4.29. The first-order chi connectivity index (χ1) is 7.76. The Morgan fingerprint density at radius 1 is 1.25 bits per heavy atom. The van der Waals surface area contributed by atoms with E-state index >= 15 is 0 Å². The zero-order valence-corrected chi connectivity index (χ0v) is 11.2. The van der Waals surface area contributed by atoms with Crippen molar-refractivity contribution in [3.8, 4) is 0 Å². The highest BCUT2D eigenvalue weighted by atomic mass is 14.9. The van der Waals surface area contributed by atoms with Crippen LogP contribution in [0.5, 0.6) is 0 Å². The molecule has 0 spiro atoms. The van der Waals surface area contributed by atoms with Crippen LogP contribution in [0.4, 0.5) is 0 Å². The van der Waals surface area contributed by atoms with Crippen LogP contribution in [0.3, 0.4) is 0 Å². The van der Waals surface area contributed by atoms with Gasteiger partial charge in [0.25, 0.3) is 0 Å². The van der Waals surface area contributed by atoms with Crippen molar-refractivity contribution < 1.29 is 0 Å². The topological polar surface area (TPSA) is 12.0 Å². The zero-order valence-electron chi connectivity index (χ0n) is 11.2. The van der Waals surface area contributed by atoms with Gasteiger partial charge in [0.2, 0.25) is 0 Å². The molecule has 0 amide bonds. The van der Waals surface area contributed by atoms with Crippen LogP contribution in [-0.4, -0.2) is 12.6 Å². The van der Waals surface area contributed by atoms with Crippen molar-refractivity contribution in [1.82, 2.24) is 5.32 Å². The Balaban J connectivity index is 2.35. The molecular weight excluding hydrogens is 194 g/mol. The fraction of sp³-hybridized carbons (Fsp3) is 0.867. The van der Waals surface area contributed by atoms with Gasteiger partial charge in [0, 0.05) is 6.04 Å². The highest BCUT2D eigenvalue weighted by Gasteiger charge is 2.19. The Morgan fingerprint density at radius 2 is 2.00 bits per heavy atom. The Morgan fingerprint density at radius 3 is 2.69 bits per heavy atom. The summed E-state index contributed by atoms with van der Waals surface area (Å²) in [5, 5.41) is 3.70. The SMILES string of the molecule is C=C(CC)CC1CCCCC(NCCC)C1. The predicted molar refractivity (Wildman–Crippen MR) is 72.7 cm³/mol. The normalized spacial score (nSPS) is 26.4. The number of nitrogens with one attached hydrogen (secondary N) is 1. The molecule has 2 atom stereocenters. The summed E-state index contributed by atoms with van der Waals surface area (Å²) < 4.78 is 0. The first-order valence-electron chi connectivity index (χ1n) is 7.16. The summed E-state index contributed by atoms with van der Waals surface area (Å²) in [6.07, 6.45) is 10.7. The van der Waals surface area contributed by atoms with Gasteiger partial charge in [0.1, 0.15) is 0 Å². The highest BCUT2D eigenvalue weighted by Crippen LogP contribution is 2.28. The van der Waals surface area contributed by atoms with E-state index in [1.54, 1.807) is 0 Å². The molecule has 1 fully saturated rings. The van der Waals surface area contributed by atoms with Crippen molar-refractivity contribution in [2.75, 3.05) is 6.54 Å². The maximum Gasteiger partial charge on any atom is 0.00698 e. The van der Waals surface area contributed by atoms with E-state index < -0.39 is 0 Å². The van der Waals surface area contributed by atoms with E-state index in [4.69, 9.17) is 0 Å². The zero-order chi connectivity index (χ0) is 11.8. The summed E-state index contributed by atoms with van der Waals surface area (Å²) in [6, 6.07) is 0.775. The van der Waals surface area contributed by atoms with E-state index in [1.807, 2.05) is 0 Å². The molecule has 0 heterocycles. The van der Waals surface area contributed by atoms with Crippen LogP contribution in [0, 0.1) is 5.92 Å². The third kappa shape index (κ3) is 5.16. The first-order valence-corrected chi connectivity index (χ1v) is 7.16. The van der Waals surface area contributed by atoms with Gasteiger partial charge in [-0.15, -0.1) is 0 Å². The Labute approximate surface area is 102 Å². The second-order valence-electron chi connectivity index (χ2n) is 5.34. The van der Waals surface area contributed by atoms with Gasteiger partial charge in [-0.1, -0.05) is 45.3 Å². The van der Waals surface area contributed by atoms with E-state index in [-0.39, 0.29) is 0 Å². The van der Waals surface area contributed by atoms with Crippen LogP contribution in [0.2, 0.25) is 0 Å². The molecule has 0 aromatic carbocycles. The minimum Gasteiger partial charge on any atom is -0.314 e. The molecule has 1 saturated carbocycles. The fourth-order valence-electron chi connectivity index (χ4n) is 2.73. The quantitative estimate of drug-likeness (QED) is 0.523. The molecule has 0 aromatic rings. The van der Waals surface area contributed by atoms with Crippen LogP contribution < -0.4 is 5.32 Å². The Bertz CT molecular complexity index is 198. The number of hydrogen-bond acceptors (Lipinski definition) is 1. The van der Waals surface area contributed by atoms with Crippen LogP contribution in [0.1, 0.15) is 65.2 Å². The van der Waals surface area contributed by atoms with Gasteiger partial charge in [0.15, 0.2) is 0 Å². The Kier molecular flexibility index (Phi) is 6.79. The molecule has 0 saturated heterocycles. The minimum atomic E-state index is 0.775. The average Bonchev–Trinajstić information content (AvgIpc) is 2.51. The molecule has 1 aliphatic carbocycles. The molecule has 0 aliphatic heterocycles.